The van der Waals surface area contributed by atoms with Gasteiger partial charge in [0.05, 0.1) is 26.4 Å². The average Bonchev–Trinajstić information content (AvgIpc) is 3.29. The molecule has 0 aliphatic rings. The predicted octanol–water partition coefficient (Wildman–Crippen LogP) is 3.34. The Labute approximate surface area is 148 Å². The number of rotatable bonds is 7. The smallest absolute Gasteiger partial charge is 0.373 e. The summed E-state index contributed by atoms with van der Waals surface area (Å²) in [5, 5.41) is 8.49. The molecular weight excluding hydrogens is 344 g/mol. The Kier molecular flexibility index (Phi) is 5.39. The first-order chi connectivity index (χ1) is 12.2. The Balaban J connectivity index is 1.56. The average molecular weight is 360 g/mol. The molecule has 0 amide bonds. The van der Waals surface area contributed by atoms with Crippen molar-refractivity contribution >= 4 is 17.7 Å². The summed E-state index contributed by atoms with van der Waals surface area (Å²) < 4.78 is 20.7. The summed E-state index contributed by atoms with van der Waals surface area (Å²) in [6, 6.07) is 11.0. The number of ether oxygens (including phenoxy) is 2. The zero-order valence-corrected chi connectivity index (χ0v) is 14.5. The van der Waals surface area contributed by atoms with Gasteiger partial charge < -0.3 is 18.3 Å². The van der Waals surface area contributed by atoms with Crippen LogP contribution in [0.1, 0.15) is 27.8 Å². The zero-order chi connectivity index (χ0) is 17.6. The molecule has 0 aliphatic carbocycles. The molecule has 1 aromatic carbocycles. The molecule has 0 aliphatic heterocycles. The van der Waals surface area contributed by atoms with Crippen molar-refractivity contribution < 1.29 is 23.1 Å². The first-order valence-electron chi connectivity index (χ1n) is 7.43. The van der Waals surface area contributed by atoms with Crippen molar-refractivity contribution in [2.24, 2.45) is 0 Å². The van der Waals surface area contributed by atoms with Gasteiger partial charge in [0.15, 0.2) is 0 Å². The summed E-state index contributed by atoms with van der Waals surface area (Å²) in [7, 11) is 2.94. The molecule has 2 aromatic heterocycles. The molecular formula is C17H16N2O5S. The molecule has 3 rings (SSSR count). The van der Waals surface area contributed by atoms with Crippen molar-refractivity contribution in [1.82, 2.24) is 10.2 Å². The zero-order valence-electron chi connectivity index (χ0n) is 13.7. The molecule has 3 aromatic rings. The lowest BCUT2D eigenvalue weighted by molar-refractivity contribution is 0.0563. The number of aromatic nitrogens is 2. The number of nitrogens with zero attached hydrogens (tertiary/aromatic N) is 2. The lowest BCUT2D eigenvalue weighted by Gasteiger charge is -2.00. The third-order valence-electron chi connectivity index (χ3n) is 3.35. The molecule has 0 spiro atoms. The van der Waals surface area contributed by atoms with Gasteiger partial charge in [-0.2, -0.15) is 0 Å². The predicted molar refractivity (Wildman–Crippen MR) is 89.7 cm³/mol. The Morgan fingerprint density at radius 3 is 2.60 bits per heavy atom. The van der Waals surface area contributed by atoms with Gasteiger partial charge in [-0.3, -0.25) is 0 Å². The molecule has 7 nitrogen and oxygen atoms in total. The lowest BCUT2D eigenvalue weighted by atomic mass is 10.1. The fraction of sp³-hybridized carbons (Fsp3) is 0.235. The maximum absolute atomic E-state index is 11.3. The molecule has 25 heavy (non-hydrogen) atoms. The van der Waals surface area contributed by atoms with Crippen molar-refractivity contribution in [2.45, 2.75) is 17.4 Å². The third kappa shape index (κ3) is 4.42. The summed E-state index contributed by atoms with van der Waals surface area (Å²) in [6.45, 7) is 0. The van der Waals surface area contributed by atoms with E-state index < -0.39 is 5.97 Å². The van der Waals surface area contributed by atoms with Crippen molar-refractivity contribution in [1.29, 1.82) is 0 Å². The maximum Gasteiger partial charge on any atom is 0.373 e. The van der Waals surface area contributed by atoms with E-state index in [1.165, 1.54) is 18.9 Å². The van der Waals surface area contributed by atoms with Gasteiger partial charge in [-0.05, 0) is 29.8 Å². The molecule has 0 saturated carbocycles. The Morgan fingerprint density at radius 2 is 1.88 bits per heavy atom. The van der Waals surface area contributed by atoms with Crippen LogP contribution in [-0.4, -0.2) is 30.4 Å². The van der Waals surface area contributed by atoms with E-state index in [4.69, 9.17) is 13.6 Å². The van der Waals surface area contributed by atoms with Gasteiger partial charge in [-0.25, -0.2) is 4.79 Å². The molecule has 2 heterocycles. The van der Waals surface area contributed by atoms with Gasteiger partial charge in [-0.1, -0.05) is 23.9 Å². The van der Waals surface area contributed by atoms with Crippen LogP contribution in [0.2, 0.25) is 0 Å². The van der Waals surface area contributed by atoms with Crippen LogP contribution in [0.5, 0.6) is 5.75 Å². The fourth-order valence-electron chi connectivity index (χ4n) is 2.08. The highest BCUT2D eigenvalue weighted by Crippen LogP contribution is 2.24. The summed E-state index contributed by atoms with van der Waals surface area (Å²) in [6.07, 6.45) is 0.546. The van der Waals surface area contributed by atoms with Crippen LogP contribution in [0.25, 0.3) is 0 Å². The molecule has 0 unspecified atom stereocenters. The summed E-state index contributed by atoms with van der Waals surface area (Å²) in [4.78, 5) is 11.3. The Hall–Kier alpha value is -2.74. The number of hydrogen-bond acceptors (Lipinski definition) is 8. The van der Waals surface area contributed by atoms with Crippen LogP contribution in [0.3, 0.4) is 0 Å². The summed E-state index contributed by atoms with van der Waals surface area (Å²) in [5.74, 6) is 2.10. The van der Waals surface area contributed by atoms with Gasteiger partial charge in [0.1, 0.15) is 11.5 Å². The number of hydrogen-bond donors (Lipinski definition) is 0. The van der Waals surface area contributed by atoms with Gasteiger partial charge in [0.25, 0.3) is 5.22 Å². The normalized spacial score (nSPS) is 10.6. The Bertz CT molecular complexity index is 841. The first kappa shape index (κ1) is 17.1. The van der Waals surface area contributed by atoms with Crippen molar-refractivity contribution in [2.75, 3.05) is 14.2 Å². The molecule has 0 atom stereocenters. The second-order valence-corrected chi connectivity index (χ2v) is 5.96. The lowest BCUT2D eigenvalue weighted by Crippen LogP contribution is -1.98. The first-order valence-corrected chi connectivity index (χ1v) is 8.41. The van der Waals surface area contributed by atoms with Crippen LogP contribution in [-0.2, 0) is 16.9 Å². The van der Waals surface area contributed by atoms with Crippen LogP contribution >= 0.6 is 11.8 Å². The Morgan fingerprint density at radius 1 is 1.08 bits per heavy atom. The van der Waals surface area contributed by atoms with Gasteiger partial charge in [0, 0.05) is 0 Å². The molecule has 8 heteroatoms. The van der Waals surface area contributed by atoms with Crippen LogP contribution in [0.4, 0.5) is 0 Å². The number of esters is 1. The van der Waals surface area contributed by atoms with Crippen LogP contribution in [0, 0.1) is 0 Å². The quantitative estimate of drug-likeness (QED) is 0.468. The van der Waals surface area contributed by atoms with E-state index in [2.05, 4.69) is 14.9 Å². The highest BCUT2D eigenvalue weighted by molar-refractivity contribution is 7.98. The topological polar surface area (TPSA) is 87.6 Å². The third-order valence-corrected chi connectivity index (χ3v) is 4.19. The SMILES string of the molecule is COC(=O)c1ccc(CSc2nnc(Cc3ccc(OC)cc3)o2)o1. The van der Waals surface area contributed by atoms with Crippen LogP contribution < -0.4 is 4.74 Å². The van der Waals surface area contributed by atoms with E-state index in [9.17, 15) is 4.79 Å². The second kappa shape index (κ2) is 7.89. The highest BCUT2D eigenvalue weighted by atomic mass is 32.2. The van der Waals surface area contributed by atoms with Crippen molar-refractivity contribution in [3.05, 3.63) is 59.4 Å². The summed E-state index contributed by atoms with van der Waals surface area (Å²) in [5.41, 5.74) is 1.05. The molecule has 0 bridgehead atoms. The van der Waals surface area contributed by atoms with Crippen LogP contribution in [0.15, 0.2) is 50.5 Å². The number of carbonyl (C=O) groups is 1. The maximum atomic E-state index is 11.3. The monoisotopic (exact) mass is 360 g/mol. The van der Waals surface area contributed by atoms with Gasteiger partial charge >= 0.3 is 5.97 Å². The minimum atomic E-state index is -0.504. The van der Waals surface area contributed by atoms with E-state index in [0.29, 0.717) is 29.0 Å². The number of methoxy groups -OCH3 is 2. The van der Waals surface area contributed by atoms with E-state index in [-0.39, 0.29) is 5.76 Å². The second-order valence-electron chi connectivity index (χ2n) is 5.03. The van der Waals surface area contributed by atoms with E-state index in [1.807, 2.05) is 24.3 Å². The number of carbonyl (C=O) groups excluding carboxylic acids is 1. The minimum Gasteiger partial charge on any atom is -0.497 e. The van der Waals surface area contributed by atoms with E-state index in [0.717, 1.165) is 11.3 Å². The van der Waals surface area contributed by atoms with E-state index >= 15 is 0 Å². The van der Waals surface area contributed by atoms with Crippen molar-refractivity contribution in [3.63, 3.8) is 0 Å². The van der Waals surface area contributed by atoms with Gasteiger partial charge in [-0.15, -0.1) is 10.2 Å². The largest absolute Gasteiger partial charge is 0.497 e. The minimum absolute atomic E-state index is 0.170. The molecule has 0 saturated heterocycles. The van der Waals surface area contributed by atoms with E-state index in [1.54, 1.807) is 19.2 Å². The standard InChI is InChI=1S/C17H16N2O5S/c1-21-12-5-3-11(4-6-12)9-15-18-19-17(24-15)25-10-13-7-8-14(23-13)16(20)22-2/h3-8H,9-10H2,1-2H3. The molecule has 0 fully saturated rings. The fourth-order valence-corrected chi connectivity index (χ4v) is 2.76. The molecule has 130 valence electrons. The molecule has 0 radical (unpaired) electrons. The summed E-state index contributed by atoms with van der Waals surface area (Å²) >= 11 is 1.34. The highest BCUT2D eigenvalue weighted by Gasteiger charge is 2.13. The number of benzene rings is 1. The van der Waals surface area contributed by atoms with Gasteiger partial charge in [0.2, 0.25) is 11.7 Å². The number of furan rings is 1. The molecule has 0 N–H and O–H groups in total. The number of thioether (sulfide) groups is 1. The van der Waals surface area contributed by atoms with Crippen molar-refractivity contribution in [3.8, 4) is 5.75 Å².